The summed E-state index contributed by atoms with van der Waals surface area (Å²) in [7, 11) is -3.47. The molecule has 1 aliphatic rings. The second-order valence-corrected chi connectivity index (χ2v) is 7.19. The summed E-state index contributed by atoms with van der Waals surface area (Å²) in [5.41, 5.74) is 0.674. The Morgan fingerprint density at radius 2 is 2.17 bits per heavy atom. The van der Waals surface area contributed by atoms with E-state index in [-0.39, 0.29) is 23.0 Å². The molecule has 0 aromatic carbocycles. The van der Waals surface area contributed by atoms with Gasteiger partial charge in [-0.25, -0.2) is 13.1 Å². The highest BCUT2D eigenvalue weighted by molar-refractivity contribution is 7.89. The fourth-order valence-electron chi connectivity index (χ4n) is 2.02. The van der Waals surface area contributed by atoms with Crippen molar-refractivity contribution in [1.82, 2.24) is 9.29 Å². The zero-order valence-electron chi connectivity index (χ0n) is 11.0. The van der Waals surface area contributed by atoms with Crippen LogP contribution in [-0.2, 0) is 23.2 Å². The molecule has 1 aromatic heterocycles. The number of rotatable bonds is 5. The van der Waals surface area contributed by atoms with Crippen molar-refractivity contribution in [3.8, 4) is 0 Å². The van der Waals surface area contributed by atoms with E-state index in [1.165, 1.54) is 6.07 Å². The van der Waals surface area contributed by atoms with Crippen LogP contribution in [0.1, 0.15) is 32.9 Å². The van der Waals surface area contributed by atoms with Crippen LogP contribution in [0.5, 0.6) is 0 Å². The van der Waals surface area contributed by atoms with Crippen LogP contribution in [0.2, 0.25) is 0 Å². The highest BCUT2D eigenvalue weighted by Crippen LogP contribution is 2.45. The fourth-order valence-corrected chi connectivity index (χ4v) is 3.49. The molecule has 0 saturated heterocycles. The van der Waals surface area contributed by atoms with E-state index in [0.717, 1.165) is 6.42 Å². The van der Waals surface area contributed by atoms with Crippen molar-refractivity contribution >= 4 is 10.0 Å². The number of aliphatic hydroxyl groups is 1. The van der Waals surface area contributed by atoms with E-state index >= 15 is 0 Å². The normalized spacial score (nSPS) is 22.1. The average molecular weight is 272 g/mol. The summed E-state index contributed by atoms with van der Waals surface area (Å²) in [6.45, 7) is 6.47. The van der Waals surface area contributed by atoms with Crippen LogP contribution in [-0.4, -0.2) is 24.1 Å². The van der Waals surface area contributed by atoms with Crippen LogP contribution in [0.25, 0.3) is 0 Å². The lowest BCUT2D eigenvalue weighted by Crippen LogP contribution is -2.28. The van der Waals surface area contributed by atoms with Gasteiger partial charge >= 0.3 is 0 Å². The number of aliphatic hydroxyl groups excluding tert-OH is 1. The molecule has 2 rings (SSSR count). The fraction of sp³-hybridized carbons (Fsp3) is 0.667. The Morgan fingerprint density at radius 3 is 2.56 bits per heavy atom. The largest absolute Gasteiger partial charge is 0.390 e. The van der Waals surface area contributed by atoms with E-state index in [4.69, 9.17) is 5.11 Å². The first-order chi connectivity index (χ1) is 8.30. The van der Waals surface area contributed by atoms with Gasteiger partial charge in [0.25, 0.3) is 0 Å². The summed E-state index contributed by atoms with van der Waals surface area (Å²) in [4.78, 5) is 0.233. The first-order valence-electron chi connectivity index (χ1n) is 6.12. The quantitative estimate of drug-likeness (QED) is 0.842. The molecule has 0 bridgehead atoms. The number of nitrogens with one attached hydrogen (secondary N) is 1. The van der Waals surface area contributed by atoms with Crippen molar-refractivity contribution < 1.29 is 13.5 Å². The topological polar surface area (TPSA) is 71.3 Å². The van der Waals surface area contributed by atoms with Gasteiger partial charge in [-0.05, 0) is 24.8 Å². The second kappa shape index (κ2) is 4.36. The van der Waals surface area contributed by atoms with Crippen molar-refractivity contribution in [3.63, 3.8) is 0 Å². The Morgan fingerprint density at radius 1 is 1.56 bits per heavy atom. The average Bonchev–Trinajstić information content (AvgIpc) is 2.75. The van der Waals surface area contributed by atoms with E-state index in [1.54, 1.807) is 10.8 Å². The molecule has 18 heavy (non-hydrogen) atoms. The molecule has 0 aliphatic heterocycles. The van der Waals surface area contributed by atoms with Crippen LogP contribution in [0.15, 0.2) is 17.2 Å². The molecule has 0 amide bonds. The lowest BCUT2D eigenvalue weighted by atomic mass is 10.2. The van der Waals surface area contributed by atoms with Crippen molar-refractivity contribution in [2.24, 2.45) is 5.41 Å². The van der Waals surface area contributed by atoms with Gasteiger partial charge in [0.05, 0.1) is 11.5 Å². The third kappa shape index (κ3) is 2.46. The molecule has 1 fully saturated rings. The van der Waals surface area contributed by atoms with Gasteiger partial charge in [-0.2, -0.15) is 0 Å². The molecular weight excluding hydrogens is 252 g/mol. The molecule has 1 unspecified atom stereocenters. The van der Waals surface area contributed by atoms with E-state index in [0.29, 0.717) is 12.2 Å². The van der Waals surface area contributed by atoms with Crippen molar-refractivity contribution in [2.75, 3.05) is 0 Å². The van der Waals surface area contributed by atoms with Crippen LogP contribution >= 0.6 is 0 Å². The minimum Gasteiger partial charge on any atom is -0.390 e. The molecule has 5 nitrogen and oxygen atoms in total. The van der Waals surface area contributed by atoms with Crippen molar-refractivity contribution in [3.05, 3.63) is 18.0 Å². The Balaban J connectivity index is 2.22. The SMILES string of the molecule is CCn1cc(S(=O)(=O)NC2CC2(C)C)cc1CO. The highest BCUT2D eigenvalue weighted by Gasteiger charge is 2.48. The maximum absolute atomic E-state index is 12.2. The predicted octanol–water partition coefficient (Wildman–Crippen LogP) is 1.08. The molecule has 2 N–H and O–H groups in total. The van der Waals surface area contributed by atoms with Gasteiger partial charge in [0.1, 0.15) is 0 Å². The Bertz CT molecular complexity index is 524. The van der Waals surface area contributed by atoms with Gasteiger partial charge in [0.2, 0.25) is 10.0 Å². The number of nitrogens with zero attached hydrogens (tertiary/aromatic N) is 1. The van der Waals surface area contributed by atoms with Gasteiger partial charge in [0.15, 0.2) is 0 Å². The summed E-state index contributed by atoms with van der Waals surface area (Å²) in [6, 6.07) is 1.55. The molecule has 1 aliphatic carbocycles. The summed E-state index contributed by atoms with van der Waals surface area (Å²) in [5.74, 6) is 0. The number of hydrogen-bond acceptors (Lipinski definition) is 3. The van der Waals surface area contributed by atoms with Crippen LogP contribution in [0.4, 0.5) is 0 Å². The van der Waals surface area contributed by atoms with Crippen LogP contribution < -0.4 is 4.72 Å². The summed E-state index contributed by atoms with van der Waals surface area (Å²) in [5, 5.41) is 9.17. The molecule has 102 valence electrons. The van der Waals surface area contributed by atoms with Gasteiger partial charge < -0.3 is 9.67 Å². The summed E-state index contributed by atoms with van der Waals surface area (Å²) < 4.78 is 28.8. The lowest BCUT2D eigenvalue weighted by molar-refractivity contribution is 0.271. The zero-order valence-corrected chi connectivity index (χ0v) is 11.8. The summed E-state index contributed by atoms with van der Waals surface area (Å²) >= 11 is 0. The van der Waals surface area contributed by atoms with Crippen molar-refractivity contribution in [1.29, 1.82) is 0 Å². The number of hydrogen-bond donors (Lipinski definition) is 2. The smallest absolute Gasteiger partial charge is 0.242 e. The maximum Gasteiger partial charge on any atom is 0.242 e. The molecule has 1 saturated carbocycles. The number of aromatic nitrogens is 1. The van der Waals surface area contributed by atoms with E-state index in [2.05, 4.69) is 4.72 Å². The van der Waals surface area contributed by atoms with Gasteiger partial charge in [-0.15, -0.1) is 0 Å². The molecule has 1 atom stereocenters. The van der Waals surface area contributed by atoms with Gasteiger partial charge in [-0.1, -0.05) is 13.8 Å². The van der Waals surface area contributed by atoms with E-state index in [1.807, 2.05) is 20.8 Å². The summed E-state index contributed by atoms with van der Waals surface area (Å²) in [6.07, 6.45) is 2.44. The Hall–Kier alpha value is -0.850. The molecule has 1 aromatic rings. The minimum absolute atomic E-state index is 0.0186. The molecule has 0 spiro atoms. The first-order valence-corrected chi connectivity index (χ1v) is 7.60. The van der Waals surface area contributed by atoms with Crippen LogP contribution in [0, 0.1) is 5.41 Å². The maximum atomic E-state index is 12.2. The monoisotopic (exact) mass is 272 g/mol. The standard InChI is InChI=1S/C12H20N2O3S/c1-4-14-7-10(5-9(14)8-15)18(16,17)13-11-6-12(11,2)3/h5,7,11,13,15H,4,6,8H2,1-3H3. The molecule has 1 heterocycles. The van der Waals surface area contributed by atoms with Crippen molar-refractivity contribution in [2.45, 2.75) is 51.3 Å². The molecule has 0 radical (unpaired) electrons. The van der Waals surface area contributed by atoms with Crippen LogP contribution in [0.3, 0.4) is 0 Å². The third-order valence-corrected chi connectivity index (χ3v) is 5.02. The molecular formula is C12H20N2O3S. The van der Waals surface area contributed by atoms with Gasteiger partial charge in [-0.3, -0.25) is 0 Å². The number of sulfonamides is 1. The van der Waals surface area contributed by atoms with E-state index in [9.17, 15) is 8.42 Å². The minimum atomic E-state index is -3.47. The van der Waals surface area contributed by atoms with E-state index < -0.39 is 10.0 Å². The zero-order chi connectivity index (χ0) is 13.6. The Labute approximate surface area is 108 Å². The Kier molecular flexibility index (Phi) is 3.29. The predicted molar refractivity (Wildman–Crippen MR) is 68.5 cm³/mol. The third-order valence-electron chi connectivity index (χ3n) is 3.58. The second-order valence-electron chi connectivity index (χ2n) is 5.48. The van der Waals surface area contributed by atoms with Gasteiger partial charge in [0, 0.05) is 24.5 Å². The highest BCUT2D eigenvalue weighted by atomic mass is 32.2. The first kappa shape index (κ1) is 13.6. The lowest BCUT2D eigenvalue weighted by Gasteiger charge is -2.06. The number of aryl methyl sites for hydroxylation is 1. The molecule has 6 heteroatoms.